The third-order valence-electron chi connectivity index (χ3n) is 10.4. The molecule has 1 heteroatoms. The lowest BCUT2D eigenvalue weighted by atomic mass is 9.81. The first-order valence-electron chi connectivity index (χ1n) is 16.1. The van der Waals surface area contributed by atoms with Crippen LogP contribution in [-0.2, 0) is 5.41 Å². The van der Waals surface area contributed by atoms with Crippen molar-refractivity contribution in [1.29, 1.82) is 0 Å². The van der Waals surface area contributed by atoms with E-state index in [0.29, 0.717) is 0 Å². The lowest BCUT2D eigenvalue weighted by molar-refractivity contribution is 0.660. The van der Waals surface area contributed by atoms with Crippen molar-refractivity contribution >= 4 is 63.8 Å². The molecule has 0 unspecified atom stereocenters. The highest BCUT2D eigenvalue weighted by Gasteiger charge is 2.35. The van der Waals surface area contributed by atoms with Crippen molar-refractivity contribution in [2.75, 3.05) is 0 Å². The minimum absolute atomic E-state index is 0.00160. The highest BCUT2D eigenvalue weighted by Crippen LogP contribution is 2.49. The van der Waals surface area contributed by atoms with Crippen molar-refractivity contribution in [3.63, 3.8) is 0 Å². The summed E-state index contributed by atoms with van der Waals surface area (Å²) < 4.78 is 2.73. The maximum atomic E-state index is 2.41. The number of hydrogen-bond acceptors (Lipinski definition) is 1. The summed E-state index contributed by atoms with van der Waals surface area (Å²) in [6, 6.07) is 54.6. The van der Waals surface area contributed by atoms with Crippen LogP contribution in [0.5, 0.6) is 0 Å². The topological polar surface area (TPSA) is 0 Å². The molecule has 0 atom stereocenters. The van der Waals surface area contributed by atoms with E-state index >= 15 is 0 Å². The van der Waals surface area contributed by atoms with E-state index in [2.05, 4.69) is 159 Å². The van der Waals surface area contributed by atoms with E-state index in [9.17, 15) is 0 Å². The number of benzene rings is 8. The minimum atomic E-state index is 0.00160. The second-order valence-electron chi connectivity index (χ2n) is 13.3. The van der Waals surface area contributed by atoms with Crippen LogP contribution in [0.1, 0.15) is 25.0 Å². The molecule has 216 valence electrons. The molecule has 8 aromatic carbocycles. The van der Waals surface area contributed by atoms with Crippen LogP contribution in [0.3, 0.4) is 0 Å². The van der Waals surface area contributed by atoms with Gasteiger partial charge in [0.1, 0.15) is 0 Å². The monoisotopic (exact) mass is 602 g/mol. The quantitative estimate of drug-likeness (QED) is 0.173. The molecule has 10 rings (SSSR count). The Hall–Kier alpha value is -5.24. The molecule has 1 aromatic heterocycles. The van der Waals surface area contributed by atoms with E-state index < -0.39 is 0 Å². The molecule has 1 aliphatic carbocycles. The predicted octanol–water partition coefficient (Wildman–Crippen LogP) is 13.2. The molecule has 9 aromatic rings. The Bertz CT molecular complexity index is 2720. The Morgan fingerprint density at radius 1 is 0.413 bits per heavy atom. The van der Waals surface area contributed by atoms with Gasteiger partial charge in [0.25, 0.3) is 0 Å². The standard InChI is InChI=1S/C45H30S/c1-45(2)40-9-5-3-7-35(40)36-21-20-34(26-41(36)45)32-18-16-29-23-31(17-15-30(29)24-32)33-14-12-27-11-13-28-19-22-38-37-8-4-6-10-42(37)46-44(38)43(28)39(27)25-33/h3-26H,1-2H3. The van der Waals surface area contributed by atoms with Crippen molar-refractivity contribution in [2.45, 2.75) is 19.3 Å². The van der Waals surface area contributed by atoms with Gasteiger partial charge in [-0.3, -0.25) is 0 Å². The van der Waals surface area contributed by atoms with E-state index in [4.69, 9.17) is 0 Å². The Morgan fingerprint density at radius 3 is 1.83 bits per heavy atom. The summed E-state index contributed by atoms with van der Waals surface area (Å²) in [6.07, 6.45) is 0. The molecule has 0 N–H and O–H groups in total. The molecule has 0 radical (unpaired) electrons. The van der Waals surface area contributed by atoms with Crippen LogP contribution in [0.25, 0.3) is 85.9 Å². The van der Waals surface area contributed by atoms with Gasteiger partial charge in [0, 0.05) is 31.0 Å². The zero-order chi connectivity index (χ0) is 30.6. The number of rotatable bonds is 2. The van der Waals surface area contributed by atoms with Gasteiger partial charge in [0.05, 0.1) is 0 Å². The Kier molecular flexibility index (Phi) is 5.31. The van der Waals surface area contributed by atoms with Gasteiger partial charge in [0.15, 0.2) is 0 Å². The largest absolute Gasteiger partial charge is 0.135 e. The smallest absolute Gasteiger partial charge is 0.0440 e. The van der Waals surface area contributed by atoms with Gasteiger partial charge in [0.2, 0.25) is 0 Å². The fourth-order valence-electron chi connectivity index (χ4n) is 7.99. The van der Waals surface area contributed by atoms with E-state index in [0.717, 1.165) is 0 Å². The first-order chi connectivity index (χ1) is 22.5. The van der Waals surface area contributed by atoms with Gasteiger partial charge >= 0.3 is 0 Å². The summed E-state index contributed by atoms with van der Waals surface area (Å²) >= 11 is 1.91. The van der Waals surface area contributed by atoms with Gasteiger partial charge in [-0.25, -0.2) is 0 Å². The highest BCUT2D eigenvalue weighted by atomic mass is 32.1. The van der Waals surface area contributed by atoms with Gasteiger partial charge in [-0.05, 0) is 102 Å². The third kappa shape index (κ3) is 3.67. The number of thiophene rings is 1. The molecule has 46 heavy (non-hydrogen) atoms. The molecule has 0 aliphatic heterocycles. The third-order valence-corrected chi connectivity index (χ3v) is 11.6. The predicted molar refractivity (Wildman–Crippen MR) is 200 cm³/mol. The summed E-state index contributed by atoms with van der Waals surface area (Å²) in [6.45, 7) is 4.70. The van der Waals surface area contributed by atoms with Crippen LogP contribution in [0.15, 0.2) is 146 Å². The Labute approximate surface area is 272 Å². The molecule has 0 bridgehead atoms. The molecule has 0 nitrogen and oxygen atoms in total. The van der Waals surface area contributed by atoms with Crippen LogP contribution in [0.2, 0.25) is 0 Å². The van der Waals surface area contributed by atoms with Gasteiger partial charge in [-0.1, -0.05) is 129 Å². The summed E-state index contributed by atoms with van der Waals surface area (Å²) in [7, 11) is 0. The molecule has 1 aliphatic rings. The van der Waals surface area contributed by atoms with E-state index in [1.54, 1.807) is 0 Å². The maximum absolute atomic E-state index is 2.41. The molecule has 0 spiro atoms. The summed E-state index contributed by atoms with van der Waals surface area (Å²) in [4.78, 5) is 0. The van der Waals surface area contributed by atoms with Crippen molar-refractivity contribution in [3.8, 4) is 33.4 Å². The van der Waals surface area contributed by atoms with Gasteiger partial charge in [-0.2, -0.15) is 0 Å². The SMILES string of the molecule is CC1(C)c2ccccc2-c2ccc(-c3ccc4cc(-c5ccc6ccc7ccc8c9ccccc9sc8c7c6c5)ccc4c3)cc21. The molecule has 0 amide bonds. The van der Waals surface area contributed by atoms with Crippen LogP contribution < -0.4 is 0 Å². The zero-order valence-electron chi connectivity index (χ0n) is 25.8. The summed E-state index contributed by atoms with van der Waals surface area (Å²) in [5.74, 6) is 0. The first-order valence-corrected chi connectivity index (χ1v) is 16.9. The number of fused-ring (bicyclic) bond motifs is 11. The van der Waals surface area contributed by atoms with Crippen molar-refractivity contribution in [1.82, 2.24) is 0 Å². The normalized spacial score (nSPS) is 13.6. The molecule has 1 heterocycles. The van der Waals surface area contributed by atoms with Crippen LogP contribution >= 0.6 is 11.3 Å². The number of hydrogen-bond donors (Lipinski definition) is 0. The minimum Gasteiger partial charge on any atom is -0.135 e. The van der Waals surface area contributed by atoms with Crippen LogP contribution in [0, 0.1) is 0 Å². The maximum Gasteiger partial charge on any atom is 0.0440 e. The molecule has 0 saturated heterocycles. The van der Waals surface area contributed by atoms with Crippen molar-refractivity contribution in [3.05, 3.63) is 157 Å². The van der Waals surface area contributed by atoms with E-state index in [1.165, 1.54) is 97.0 Å². The summed E-state index contributed by atoms with van der Waals surface area (Å²) in [5, 5.41) is 10.5. The summed E-state index contributed by atoms with van der Waals surface area (Å²) in [5.41, 5.74) is 10.6. The average molecular weight is 603 g/mol. The highest BCUT2D eigenvalue weighted by molar-refractivity contribution is 7.26. The van der Waals surface area contributed by atoms with E-state index in [1.807, 2.05) is 11.3 Å². The van der Waals surface area contributed by atoms with Crippen molar-refractivity contribution < 1.29 is 0 Å². The van der Waals surface area contributed by atoms with Gasteiger partial charge in [-0.15, -0.1) is 11.3 Å². The molecule has 0 fully saturated rings. The molecular weight excluding hydrogens is 573 g/mol. The fourth-order valence-corrected chi connectivity index (χ4v) is 9.26. The van der Waals surface area contributed by atoms with Crippen LogP contribution in [-0.4, -0.2) is 0 Å². The van der Waals surface area contributed by atoms with Crippen molar-refractivity contribution in [2.24, 2.45) is 0 Å². The fraction of sp³-hybridized carbons (Fsp3) is 0.0667. The second-order valence-corrected chi connectivity index (χ2v) is 14.4. The lowest BCUT2D eigenvalue weighted by Crippen LogP contribution is -2.14. The van der Waals surface area contributed by atoms with Crippen LogP contribution in [0.4, 0.5) is 0 Å². The Morgan fingerprint density at radius 2 is 1.00 bits per heavy atom. The average Bonchev–Trinajstić information content (AvgIpc) is 3.59. The first kappa shape index (κ1) is 26.0. The Balaban J connectivity index is 1.07. The second kappa shape index (κ2) is 9.39. The zero-order valence-corrected chi connectivity index (χ0v) is 26.6. The van der Waals surface area contributed by atoms with Gasteiger partial charge < -0.3 is 0 Å². The van der Waals surface area contributed by atoms with E-state index in [-0.39, 0.29) is 5.41 Å². The molecule has 0 saturated carbocycles. The molecular formula is C45H30S. The lowest BCUT2D eigenvalue weighted by Gasteiger charge is -2.22.